The predicted molar refractivity (Wildman–Crippen MR) is 86.0 cm³/mol. The van der Waals surface area contributed by atoms with Gasteiger partial charge < -0.3 is 5.32 Å². The summed E-state index contributed by atoms with van der Waals surface area (Å²) in [6.45, 7) is 5.16. The van der Waals surface area contributed by atoms with Crippen molar-refractivity contribution in [3.63, 3.8) is 0 Å². The van der Waals surface area contributed by atoms with Crippen molar-refractivity contribution in [2.24, 2.45) is 0 Å². The molecule has 1 heterocycles. The third-order valence-electron chi connectivity index (χ3n) is 2.55. The fourth-order valence-corrected chi connectivity index (χ4v) is 2.47. The zero-order chi connectivity index (χ0) is 13.1. The summed E-state index contributed by atoms with van der Waals surface area (Å²) in [5.41, 5.74) is 2.33. The van der Waals surface area contributed by atoms with Crippen LogP contribution < -0.4 is 5.32 Å². The summed E-state index contributed by atoms with van der Waals surface area (Å²) in [4.78, 5) is 0. The Morgan fingerprint density at radius 3 is 2.78 bits per heavy atom. The summed E-state index contributed by atoms with van der Waals surface area (Å²) < 4.78 is 4.12. The molecule has 0 radical (unpaired) electrons. The summed E-state index contributed by atoms with van der Waals surface area (Å²) in [6, 6.07) is 6.80. The van der Waals surface area contributed by atoms with E-state index in [2.05, 4.69) is 81.0 Å². The molecule has 1 aromatic heterocycles. The van der Waals surface area contributed by atoms with Crippen molar-refractivity contribution >= 4 is 38.5 Å². The minimum atomic E-state index is 0.490. The molecule has 2 rings (SSSR count). The average molecular weight is 420 g/mol. The van der Waals surface area contributed by atoms with Gasteiger partial charge in [0.15, 0.2) is 0 Å². The first-order valence-electron chi connectivity index (χ1n) is 5.78. The molecule has 0 saturated heterocycles. The van der Waals surface area contributed by atoms with Crippen LogP contribution in [0.15, 0.2) is 35.1 Å². The minimum absolute atomic E-state index is 0.490. The molecule has 96 valence electrons. The second-order valence-electron chi connectivity index (χ2n) is 4.41. The minimum Gasteiger partial charge on any atom is -0.310 e. The number of hydrogen-bond donors (Lipinski definition) is 1. The quantitative estimate of drug-likeness (QED) is 0.765. The van der Waals surface area contributed by atoms with Crippen molar-refractivity contribution < 1.29 is 0 Å². The molecular weight excluding hydrogens is 405 g/mol. The van der Waals surface area contributed by atoms with Crippen molar-refractivity contribution in [1.82, 2.24) is 15.1 Å². The molecule has 2 aromatic rings. The second-order valence-corrected chi connectivity index (χ2v) is 6.51. The molecule has 0 aliphatic heterocycles. The zero-order valence-corrected chi connectivity index (χ0v) is 14.1. The van der Waals surface area contributed by atoms with E-state index >= 15 is 0 Å². The van der Waals surface area contributed by atoms with E-state index in [9.17, 15) is 0 Å². The number of hydrogen-bond acceptors (Lipinski definition) is 2. The van der Waals surface area contributed by atoms with Crippen molar-refractivity contribution in [3.05, 3.63) is 44.2 Å². The first-order valence-corrected chi connectivity index (χ1v) is 7.66. The van der Waals surface area contributed by atoms with Gasteiger partial charge in [-0.05, 0) is 40.3 Å². The Kier molecular flexibility index (Phi) is 4.80. The molecule has 0 atom stereocenters. The van der Waals surface area contributed by atoms with Crippen LogP contribution in [0, 0.1) is 3.57 Å². The number of nitrogens with zero attached hydrogens (tertiary/aromatic N) is 2. The Bertz CT molecular complexity index is 537. The van der Waals surface area contributed by atoms with Crippen molar-refractivity contribution in [2.45, 2.75) is 26.4 Å². The maximum atomic E-state index is 4.30. The molecule has 0 bridgehead atoms. The summed E-state index contributed by atoms with van der Waals surface area (Å²) >= 11 is 5.88. The second kappa shape index (κ2) is 6.16. The van der Waals surface area contributed by atoms with E-state index in [4.69, 9.17) is 0 Å². The van der Waals surface area contributed by atoms with Gasteiger partial charge in [-0.15, -0.1) is 0 Å². The van der Waals surface area contributed by atoms with Crippen LogP contribution >= 0.6 is 38.5 Å². The molecule has 0 aliphatic rings. The van der Waals surface area contributed by atoms with Gasteiger partial charge in [0, 0.05) is 23.3 Å². The van der Waals surface area contributed by atoms with Gasteiger partial charge in [-0.3, -0.25) is 0 Å². The Hall–Kier alpha value is -0.400. The van der Waals surface area contributed by atoms with Crippen LogP contribution in [-0.4, -0.2) is 15.8 Å². The van der Waals surface area contributed by atoms with Crippen LogP contribution in [0.2, 0.25) is 0 Å². The SMILES string of the molecule is CC(C)NCc1ccc(-n2cc(I)cn2)cc1Br. The normalized spacial score (nSPS) is 11.2. The highest BCUT2D eigenvalue weighted by atomic mass is 127. The van der Waals surface area contributed by atoms with Gasteiger partial charge in [-0.1, -0.05) is 35.8 Å². The summed E-state index contributed by atoms with van der Waals surface area (Å²) in [5, 5.41) is 7.72. The smallest absolute Gasteiger partial charge is 0.0657 e. The van der Waals surface area contributed by atoms with Crippen LogP contribution in [0.4, 0.5) is 0 Å². The highest BCUT2D eigenvalue weighted by Crippen LogP contribution is 2.21. The molecule has 0 unspecified atom stereocenters. The predicted octanol–water partition coefficient (Wildman–Crippen LogP) is 3.74. The maximum Gasteiger partial charge on any atom is 0.0657 e. The van der Waals surface area contributed by atoms with Gasteiger partial charge in [0.2, 0.25) is 0 Å². The fraction of sp³-hybridized carbons (Fsp3) is 0.308. The van der Waals surface area contributed by atoms with Crippen LogP contribution in [0.3, 0.4) is 0 Å². The van der Waals surface area contributed by atoms with Gasteiger partial charge >= 0.3 is 0 Å². The molecule has 1 N–H and O–H groups in total. The van der Waals surface area contributed by atoms with Gasteiger partial charge in [0.05, 0.1) is 15.5 Å². The maximum absolute atomic E-state index is 4.30. The molecule has 0 spiro atoms. The van der Waals surface area contributed by atoms with Gasteiger partial charge in [-0.2, -0.15) is 5.10 Å². The first-order chi connectivity index (χ1) is 8.56. The monoisotopic (exact) mass is 419 g/mol. The number of aromatic nitrogens is 2. The Balaban J connectivity index is 2.19. The van der Waals surface area contributed by atoms with Crippen LogP contribution in [-0.2, 0) is 6.54 Å². The number of halogens is 2. The molecule has 1 aromatic carbocycles. The number of nitrogens with one attached hydrogen (secondary N) is 1. The van der Waals surface area contributed by atoms with E-state index < -0.39 is 0 Å². The lowest BCUT2D eigenvalue weighted by molar-refractivity contribution is 0.588. The molecule has 3 nitrogen and oxygen atoms in total. The number of rotatable bonds is 4. The molecule has 5 heteroatoms. The average Bonchev–Trinajstić information content (AvgIpc) is 2.74. The number of benzene rings is 1. The Labute approximate surface area is 129 Å². The Morgan fingerprint density at radius 1 is 1.44 bits per heavy atom. The van der Waals surface area contributed by atoms with E-state index in [1.54, 1.807) is 0 Å². The lowest BCUT2D eigenvalue weighted by atomic mass is 10.2. The molecule has 0 fully saturated rings. The van der Waals surface area contributed by atoms with E-state index in [1.165, 1.54) is 5.56 Å². The largest absolute Gasteiger partial charge is 0.310 e. The lowest BCUT2D eigenvalue weighted by Crippen LogP contribution is -2.22. The van der Waals surface area contributed by atoms with E-state index in [1.807, 2.05) is 17.1 Å². The highest BCUT2D eigenvalue weighted by molar-refractivity contribution is 14.1. The van der Waals surface area contributed by atoms with Crippen molar-refractivity contribution in [2.75, 3.05) is 0 Å². The molecule has 18 heavy (non-hydrogen) atoms. The third-order valence-corrected chi connectivity index (χ3v) is 3.85. The first kappa shape index (κ1) is 14.0. The summed E-state index contributed by atoms with van der Waals surface area (Å²) in [5.74, 6) is 0. The van der Waals surface area contributed by atoms with Crippen molar-refractivity contribution in [1.29, 1.82) is 0 Å². The topological polar surface area (TPSA) is 29.9 Å². The standard InChI is InChI=1S/C13H15BrIN3/c1-9(2)16-6-10-3-4-12(5-13(10)14)18-8-11(15)7-17-18/h3-5,7-9,16H,6H2,1-2H3. The van der Waals surface area contributed by atoms with Gasteiger partial charge in [-0.25, -0.2) is 4.68 Å². The van der Waals surface area contributed by atoms with Crippen LogP contribution in [0.5, 0.6) is 0 Å². The van der Waals surface area contributed by atoms with Crippen LogP contribution in [0.1, 0.15) is 19.4 Å². The molecular formula is C13H15BrIN3. The highest BCUT2D eigenvalue weighted by Gasteiger charge is 2.04. The lowest BCUT2D eigenvalue weighted by Gasteiger charge is -2.11. The van der Waals surface area contributed by atoms with E-state index in [0.29, 0.717) is 6.04 Å². The van der Waals surface area contributed by atoms with E-state index in [0.717, 1.165) is 20.3 Å². The molecule has 0 saturated carbocycles. The van der Waals surface area contributed by atoms with Gasteiger partial charge in [0.1, 0.15) is 0 Å². The molecule has 0 amide bonds. The van der Waals surface area contributed by atoms with Crippen molar-refractivity contribution in [3.8, 4) is 5.69 Å². The zero-order valence-electron chi connectivity index (χ0n) is 10.3. The van der Waals surface area contributed by atoms with Gasteiger partial charge in [0.25, 0.3) is 0 Å². The summed E-state index contributed by atoms with van der Waals surface area (Å²) in [7, 11) is 0. The Morgan fingerprint density at radius 2 is 2.22 bits per heavy atom. The summed E-state index contributed by atoms with van der Waals surface area (Å²) in [6.07, 6.45) is 3.86. The molecule has 0 aliphatic carbocycles. The third kappa shape index (κ3) is 3.55. The van der Waals surface area contributed by atoms with Crippen LogP contribution in [0.25, 0.3) is 5.69 Å². The fourth-order valence-electron chi connectivity index (χ4n) is 1.58. The van der Waals surface area contributed by atoms with E-state index in [-0.39, 0.29) is 0 Å².